The largest absolute Gasteiger partial charge is 0.507 e. The van der Waals surface area contributed by atoms with Gasteiger partial charge in [0.1, 0.15) is 11.5 Å². The van der Waals surface area contributed by atoms with Crippen LogP contribution in [0.3, 0.4) is 0 Å². The predicted octanol–water partition coefficient (Wildman–Crippen LogP) is 5.46. The minimum atomic E-state index is -0.468. The highest BCUT2D eigenvalue weighted by Crippen LogP contribution is 2.49. The van der Waals surface area contributed by atoms with Gasteiger partial charge in [0.05, 0.1) is 22.2 Å². The minimum Gasteiger partial charge on any atom is -0.507 e. The van der Waals surface area contributed by atoms with Gasteiger partial charge in [-0.2, -0.15) is 5.10 Å². The van der Waals surface area contributed by atoms with Gasteiger partial charge >= 0.3 is 0 Å². The molecule has 2 aliphatic rings. The molecule has 1 aromatic heterocycles. The van der Waals surface area contributed by atoms with Gasteiger partial charge < -0.3 is 9.84 Å². The van der Waals surface area contributed by atoms with Crippen molar-refractivity contribution in [3.8, 4) is 11.5 Å². The Bertz CT molecular complexity index is 1000. The molecule has 3 aromatic rings. The second kappa shape index (κ2) is 6.14. The molecule has 3 heterocycles. The Kier molecular flexibility index (Phi) is 3.76. The quantitative estimate of drug-likeness (QED) is 0.591. The normalized spacial score (nSPS) is 21.0. The van der Waals surface area contributed by atoms with E-state index in [1.807, 2.05) is 41.4 Å². The molecule has 130 valence electrons. The van der Waals surface area contributed by atoms with Crippen LogP contribution in [0, 0.1) is 0 Å². The van der Waals surface area contributed by atoms with Gasteiger partial charge in [-0.3, -0.25) is 0 Å². The average Bonchev–Trinajstić information content (AvgIpc) is 3.32. The van der Waals surface area contributed by atoms with Crippen LogP contribution in [0.5, 0.6) is 11.5 Å². The van der Waals surface area contributed by atoms with E-state index < -0.39 is 6.23 Å². The maximum absolute atomic E-state index is 10.4. The SMILES string of the molecule is Oc1ccc(Br)cc1C1Oc2ccccc2C2CC(c3cccs3)=NN21. The summed E-state index contributed by atoms with van der Waals surface area (Å²) in [6.07, 6.45) is 0.358. The summed E-state index contributed by atoms with van der Waals surface area (Å²) in [5.41, 5.74) is 2.90. The van der Waals surface area contributed by atoms with E-state index in [1.54, 1.807) is 17.4 Å². The van der Waals surface area contributed by atoms with Gasteiger partial charge in [0, 0.05) is 16.5 Å². The standard InChI is InChI=1S/C20H15BrN2O2S/c21-12-7-8-17(24)14(10-12)20-23-16(13-4-1-2-5-18(13)25-20)11-15(22-23)19-6-3-9-26-19/h1-10,16,20,24H,11H2. The summed E-state index contributed by atoms with van der Waals surface area (Å²) in [5, 5.41) is 19.4. The Morgan fingerprint density at radius 3 is 2.85 bits per heavy atom. The zero-order chi connectivity index (χ0) is 17.7. The average molecular weight is 427 g/mol. The lowest BCUT2D eigenvalue weighted by molar-refractivity contribution is -0.0203. The third-order valence-corrected chi connectivity index (χ3v) is 6.17. The van der Waals surface area contributed by atoms with E-state index >= 15 is 0 Å². The number of hydrazone groups is 1. The van der Waals surface area contributed by atoms with E-state index in [-0.39, 0.29) is 11.8 Å². The molecule has 2 atom stereocenters. The zero-order valence-electron chi connectivity index (χ0n) is 13.7. The highest BCUT2D eigenvalue weighted by Gasteiger charge is 2.41. The lowest BCUT2D eigenvalue weighted by atomic mass is 9.97. The first-order chi connectivity index (χ1) is 12.7. The molecule has 5 rings (SSSR count). The van der Waals surface area contributed by atoms with Crippen LogP contribution in [-0.4, -0.2) is 15.8 Å². The number of fused-ring (bicyclic) bond motifs is 3. The van der Waals surface area contributed by atoms with Crippen molar-refractivity contribution in [3.05, 3.63) is 80.5 Å². The van der Waals surface area contributed by atoms with Crippen molar-refractivity contribution >= 4 is 33.0 Å². The molecule has 1 N–H and O–H groups in total. The molecule has 2 aromatic carbocycles. The van der Waals surface area contributed by atoms with Gasteiger partial charge in [-0.1, -0.05) is 40.2 Å². The van der Waals surface area contributed by atoms with Gasteiger partial charge in [0.25, 0.3) is 0 Å². The summed E-state index contributed by atoms with van der Waals surface area (Å²) < 4.78 is 7.17. The van der Waals surface area contributed by atoms with Crippen molar-refractivity contribution < 1.29 is 9.84 Å². The molecular formula is C20H15BrN2O2S. The van der Waals surface area contributed by atoms with E-state index in [2.05, 4.69) is 33.4 Å². The molecule has 0 bridgehead atoms. The van der Waals surface area contributed by atoms with Crippen molar-refractivity contribution in [1.82, 2.24) is 5.01 Å². The number of rotatable bonds is 2. The molecule has 4 nitrogen and oxygen atoms in total. The summed E-state index contributed by atoms with van der Waals surface area (Å²) in [7, 11) is 0. The Hall–Kier alpha value is -2.31. The maximum atomic E-state index is 10.4. The number of thiophene rings is 1. The van der Waals surface area contributed by atoms with Crippen molar-refractivity contribution in [2.24, 2.45) is 5.10 Å². The van der Waals surface area contributed by atoms with Crippen LogP contribution < -0.4 is 4.74 Å². The maximum Gasteiger partial charge on any atom is 0.217 e. The van der Waals surface area contributed by atoms with Crippen LogP contribution in [0.25, 0.3) is 0 Å². The summed E-state index contributed by atoms with van der Waals surface area (Å²) in [6.45, 7) is 0. The number of phenols is 1. The molecule has 6 heteroatoms. The van der Waals surface area contributed by atoms with Crippen molar-refractivity contribution in [2.75, 3.05) is 0 Å². The van der Waals surface area contributed by atoms with Crippen LogP contribution in [0.1, 0.15) is 34.7 Å². The van der Waals surface area contributed by atoms with Crippen LogP contribution in [0.2, 0.25) is 0 Å². The van der Waals surface area contributed by atoms with Gasteiger partial charge in [0.15, 0.2) is 0 Å². The van der Waals surface area contributed by atoms with E-state index in [9.17, 15) is 5.11 Å². The second-order valence-electron chi connectivity index (χ2n) is 6.34. The Morgan fingerprint density at radius 1 is 1.12 bits per heavy atom. The predicted molar refractivity (Wildman–Crippen MR) is 106 cm³/mol. The van der Waals surface area contributed by atoms with Gasteiger partial charge in [0.2, 0.25) is 6.23 Å². The Balaban J connectivity index is 1.64. The summed E-state index contributed by atoms with van der Waals surface area (Å²) in [4.78, 5) is 1.18. The van der Waals surface area contributed by atoms with Crippen LogP contribution in [-0.2, 0) is 0 Å². The highest BCUT2D eigenvalue weighted by atomic mass is 79.9. The zero-order valence-corrected chi connectivity index (χ0v) is 16.1. The number of nitrogens with zero attached hydrogens (tertiary/aromatic N) is 2. The smallest absolute Gasteiger partial charge is 0.217 e. The summed E-state index contributed by atoms with van der Waals surface area (Å²) in [5.74, 6) is 1.05. The lowest BCUT2D eigenvalue weighted by Crippen LogP contribution is -2.33. The van der Waals surface area contributed by atoms with Crippen LogP contribution in [0.4, 0.5) is 0 Å². The number of hydrogen-bond acceptors (Lipinski definition) is 5. The van der Waals surface area contributed by atoms with E-state index in [0.29, 0.717) is 5.56 Å². The number of phenolic OH excluding ortho intramolecular Hbond substituents is 1. The number of ether oxygens (including phenoxy) is 1. The van der Waals surface area contributed by atoms with E-state index in [4.69, 9.17) is 9.84 Å². The third kappa shape index (κ3) is 2.52. The summed E-state index contributed by atoms with van der Waals surface area (Å²) in [6, 6.07) is 17.7. The molecule has 0 aliphatic carbocycles. The Labute approximate surface area is 163 Å². The van der Waals surface area contributed by atoms with Gasteiger partial charge in [-0.25, -0.2) is 5.01 Å². The Morgan fingerprint density at radius 2 is 2.00 bits per heavy atom. The first-order valence-corrected chi connectivity index (χ1v) is 10.0. The molecule has 0 saturated carbocycles. The number of halogens is 1. The van der Waals surface area contributed by atoms with Crippen molar-refractivity contribution in [3.63, 3.8) is 0 Å². The molecule has 0 fully saturated rings. The fraction of sp³-hybridized carbons (Fsp3) is 0.150. The lowest BCUT2D eigenvalue weighted by Gasteiger charge is -2.38. The minimum absolute atomic E-state index is 0.0976. The first kappa shape index (κ1) is 15.9. The van der Waals surface area contributed by atoms with E-state index in [0.717, 1.165) is 27.9 Å². The molecular weight excluding hydrogens is 412 g/mol. The van der Waals surface area contributed by atoms with Crippen molar-refractivity contribution in [2.45, 2.75) is 18.7 Å². The molecule has 0 saturated heterocycles. The molecule has 26 heavy (non-hydrogen) atoms. The van der Waals surface area contributed by atoms with Gasteiger partial charge in [-0.15, -0.1) is 11.3 Å². The van der Waals surface area contributed by atoms with Gasteiger partial charge in [-0.05, 0) is 35.7 Å². The fourth-order valence-corrected chi connectivity index (χ4v) is 4.65. The monoisotopic (exact) mass is 426 g/mol. The molecule has 0 radical (unpaired) electrons. The van der Waals surface area contributed by atoms with Crippen LogP contribution in [0.15, 0.2) is 69.6 Å². The number of hydrogen-bond donors (Lipinski definition) is 1. The van der Waals surface area contributed by atoms with E-state index in [1.165, 1.54) is 4.88 Å². The number of aromatic hydroxyl groups is 1. The highest BCUT2D eigenvalue weighted by molar-refractivity contribution is 9.10. The second-order valence-corrected chi connectivity index (χ2v) is 8.20. The summed E-state index contributed by atoms with van der Waals surface area (Å²) >= 11 is 5.19. The topological polar surface area (TPSA) is 45.1 Å². The molecule has 2 aliphatic heterocycles. The fourth-order valence-electron chi connectivity index (χ4n) is 3.55. The molecule has 0 spiro atoms. The third-order valence-electron chi connectivity index (χ3n) is 4.76. The molecule has 0 amide bonds. The first-order valence-electron chi connectivity index (χ1n) is 8.34. The molecule has 2 unspecified atom stereocenters. The van der Waals surface area contributed by atoms with Crippen LogP contribution >= 0.6 is 27.3 Å². The number of benzene rings is 2. The number of para-hydroxylation sites is 1. The van der Waals surface area contributed by atoms with Crippen molar-refractivity contribution in [1.29, 1.82) is 0 Å².